The molecule has 2 aliphatic carbocycles. The molecule has 3 saturated heterocycles. The first kappa shape index (κ1) is 46.3. The smallest absolute Gasteiger partial charge is 0.278 e. The Labute approximate surface area is 413 Å². The number of halogens is 2. The number of piperidine rings is 2. The maximum absolute atomic E-state index is 13.6. The maximum atomic E-state index is 13.6. The SMILES string of the molecule is CC[C@@]1(O)CCc2ccc(-n3c4nc(Nc5ccc(N6CCN(C7CCN(C[C@@H]8CCC(c9cc%10onc(C%11CCC(=O)NC%11=O)c%10c%10cc[nH]c9%10)C8)CC7)CC6)cc5)ncc4c(=O)n3CC=C(F)F)nc21. The molecule has 374 valence electrons. The van der Waals surface area contributed by atoms with Crippen molar-refractivity contribution in [2.45, 2.75) is 101 Å². The quantitative estimate of drug-likeness (QED) is 0.0888. The number of aromatic amines is 1. The number of imide groups is 1. The second kappa shape index (κ2) is 18.7. The fourth-order valence-corrected chi connectivity index (χ4v) is 12.5. The number of nitrogens with one attached hydrogen (secondary N) is 3. The van der Waals surface area contributed by atoms with Crippen molar-refractivity contribution in [1.29, 1.82) is 0 Å². The molecule has 12 rings (SSSR count). The first-order valence-electron chi connectivity index (χ1n) is 25.5. The summed E-state index contributed by atoms with van der Waals surface area (Å²) in [6.07, 6.45) is 10.3. The molecule has 5 aromatic heterocycles. The molecule has 2 amide bonds. The molecule has 4 atom stereocenters. The molecule has 72 heavy (non-hydrogen) atoms. The molecule has 0 radical (unpaired) electrons. The first-order chi connectivity index (χ1) is 35.0. The molecule has 5 aliphatic rings. The fourth-order valence-electron chi connectivity index (χ4n) is 12.5. The second-order valence-electron chi connectivity index (χ2n) is 20.5. The van der Waals surface area contributed by atoms with Crippen molar-refractivity contribution in [2.75, 3.05) is 56.0 Å². The van der Waals surface area contributed by atoms with Crippen LogP contribution < -0.4 is 21.1 Å². The second-order valence-corrected chi connectivity index (χ2v) is 20.5. The molecule has 19 heteroatoms. The summed E-state index contributed by atoms with van der Waals surface area (Å²) in [4.78, 5) is 63.4. The van der Waals surface area contributed by atoms with E-state index in [1.165, 1.54) is 35.7 Å². The lowest BCUT2D eigenvalue weighted by Gasteiger charge is -2.43. The van der Waals surface area contributed by atoms with Crippen molar-refractivity contribution < 1.29 is 28.0 Å². The number of hydrogen-bond acceptors (Lipinski definition) is 13. The number of H-pyrrole nitrogens is 1. The minimum absolute atomic E-state index is 0.157. The van der Waals surface area contributed by atoms with Crippen LogP contribution >= 0.6 is 0 Å². The predicted octanol–water partition coefficient (Wildman–Crippen LogP) is 7.36. The van der Waals surface area contributed by atoms with Crippen LogP contribution in [0.3, 0.4) is 0 Å². The molecule has 17 nitrogen and oxygen atoms in total. The van der Waals surface area contributed by atoms with E-state index in [9.17, 15) is 28.3 Å². The van der Waals surface area contributed by atoms with E-state index >= 15 is 0 Å². The average molecular weight is 981 g/mol. The fraction of sp³-hybridized carbons (Fsp3) is 0.453. The number of aryl methyl sites for hydroxylation is 1. The molecule has 4 fully saturated rings. The minimum Gasteiger partial charge on any atom is -0.384 e. The zero-order chi connectivity index (χ0) is 49.3. The number of carbonyl (C=O) groups excluding carboxylic acids is 2. The highest BCUT2D eigenvalue weighted by Gasteiger charge is 2.38. The van der Waals surface area contributed by atoms with Crippen molar-refractivity contribution in [3.63, 3.8) is 0 Å². The predicted molar refractivity (Wildman–Crippen MR) is 268 cm³/mol. The number of aromatic nitrogens is 7. The van der Waals surface area contributed by atoms with Gasteiger partial charge in [-0.15, -0.1) is 0 Å². The van der Waals surface area contributed by atoms with E-state index in [0.717, 1.165) is 96.6 Å². The van der Waals surface area contributed by atoms with Crippen molar-refractivity contribution in [3.8, 4) is 5.82 Å². The third kappa shape index (κ3) is 8.43. The van der Waals surface area contributed by atoms with Crippen LogP contribution in [-0.2, 0) is 28.2 Å². The van der Waals surface area contributed by atoms with Gasteiger partial charge in [-0.3, -0.25) is 24.6 Å². The van der Waals surface area contributed by atoms with Crippen LogP contribution in [0.5, 0.6) is 0 Å². The van der Waals surface area contributed by atoms with Crippen LogP contribution in [0.2, 0.25) is 0 Å². The zero-order valence-corrected chi connectivity index (χ0v) is 40.2. The molecule has 0 bridgehead atoms. The molecule has 4 N–H and O–H groups in total. The van der Waals surface area contributed by atoms with Gasteiger partial charge in [-0.05, 0) is 136 Å². The number of rotatable bonds is 12. The van der Waals surface area contributed by atoms with Crippen molar-refractivity contribution >= 4 is 62.0 Å². The summed E-state index contributed by atoms with van der Waals surface area (Å²) in [7, 11) is 0. The van der Waals surface area contributed by atoms with Gasteiger partial charge in [-0.25, -0.2) is 19.3 Å². The first-order valence-corrected chi connectivity index (χ1v) is 25.5. The van der Waals surface area contributed by atoms with E-state index in [0.29, 0.717) is 78.8 Å². The number of piperazine rings is 1. The Balaban J connectivity index is 0.646. The van der Waals surface area contributed by atoms with Crippen LogP contribution in [0.1, 0.15) is 99.1 Å². The maximum Gasteiger partial charge on any atom is 0.278 e. The third-order valence-electron chi connectivity index (χ3n) is 16.4. The molecule has 7 aromatic rings. The van der Waals surface area contributed by atoms with E-state index in [-0.39, 0.29) is 28.8 Å². The number of benzene rings is 2. The summed E-state index contributed by atoms with van der Waals surface area (Å²) in [5.74, 6) is 0.508. The number of hydrogen-bond donors (Lipinski definition) is 4. The summed E-state index contributed by atoms with van der Waals surface area (Å²) < 4.78 is 35.2. The number of nitrogens with zero attached hydrogens (tertiary/aromatic N) is 9. The lowest BCUT2D eigenvalue weighted by molar-refractivity contribution is -0.134. The number of likely N-dealkylation sites (tertiary alicyclic amines) is 1. The van der Waals surface area contributed by atoms with Gasteiger partial charge in [0.25, 0.3) is 11.6 Å². The van der Waals surface area contributed by atoms with Gasteiger partial charge in [-0.2, -0.15) is 13.8 Å². The normalized spacial score (nSPS) is 23.4. The van der Waals surface area contributed by atoms with Crippen LogP contribution in [0.25, 0.3) is 38.7 Å². The van der Waals surface area contributed by atoms with Crippen LogP contribution in [-0.4, -0.2) is 113 Å². The zero-order valence-electron chi connectivity index (χ0n) is 40.2. The molecule has 1 saturated carbocycles. The molecule has 0 spiro atoms. The Morgan fingerprint density at radius 3 is 2.54 bits per heavy atom. The van der Waals surface area contributed by atoms with Gasteiger partial charge in [0.15, 0.2) is 17.0 Å². The lowest BCUT2D eigenvalue weighted by atomic mass is 9.89. The van der Waals surface area contributed by atoms with Crippen LogP contribution in [0.15, 0.2) is 82.4 Å². The minimum atomic E-state index is -1.91. The average Bonchev–Trinajstić information content (AvgIpc) is 4.25. The monoisotopic (exact) mass is 980 g/mol. The Kier molecular flexibility index (Phi) is 12.0. The number of aliphatic hydroxyl groups is 1. The number of carbonyl (C=O) groups is 2. The van der Waals surface area contributed by atoms with Gasteiger partial charge in [0.2, 0.25) is 17.8 Å². The molecule has 3 aliphatic heterocycles. The highest BCUT2D eigenvalue weighted by Crippen LogP contribution is 2.45. The highest BCUT2D eigenvalue weighted by molar-refractivity contribution is 6.10. The number of allylic oxidation sites excluding steroid dienone is 1. The van der Waals surface area contributed by atoms with Crippen molar-refractivity contribution in [3.05, 3.63) is 106 Å². The number of anilines is 3. The Hall–Kier alpha value is -6.83. The Morgan fingerprint density at radius 2 is 1.76 bits per heavy atom. The van der Waals surface area contributed by atoms with E-state index in [1.807, 2.05) is 31.3 Å². The Bertz CT molecular complexity index is 3310. The summed E-state index contributed by atoms with van der Waals surface area (Å²) in [5, 5.41) is 23.5. The van der Waals surface area contributed by atoms with E-state index in [2.05, 4.69) is 64.7 Å². The summed E-state index contributed by atoms with van der Waals surface area (Å²) >= 11 is 0. The van der Waals surface area contributed by atoms with Gasteiger partial charge < -0.3 is 29.7 Å². The largest absolute Gasteiger partial charge is 0.384 e. The molecular weight excluding hydrogens is 923 g/mol. The molecule has 2 unspecified atom stereocenters. The van der Waals surface area contributed by atoms with Gasteiger partial charge in [0.1, 0.15) is 16.7 Å². The van der Waals surface area contributed by atoms with E-state index < -0.39 is 29.7 Å². The summed E-state index contributed by atoms with van der Waals surface area (Å²) in [6.45, 7) is 8.72. The van der Waals surface area contributed by atoms with E-state index in [4.69, 9.17) is 14.5 Å². The van der Waals surface area contributed by atoms with Crippen molar-refractivity contribution in [2.24, 2.45) is 5.92 Å². The number of amides is 2. The lowest BCUT2D eigenvalue weighted by Crippen LogP contribution is -2.53. The van der Waals surface area contributed by atoms with Crippen LogP contribution in [0.4, 0.5) is 26.1 Å². The van der Waals surface area contributed by atoms with Gasteiger partial charge in [0.05, 0.1) is 23.5 Å². The third-order valence-corrected chi connectivity index (χ3v) is 16.4. The summed E-state index contributed by atoms with van der Waals surface area (Å²) in [6, 6.07) is 16.5. The summed E-state index contributed by atoms with van der Waals surface area (Å²) in [5.41, 5.74) is 5.56. The number of pyridine rings is 1. The Morgan fingerprint density at radius 1 is 0.944 bits per heavy atom. The van der Waals surface area contributed by atoms with E-state index in [1.54, 1.807) is 6.07 Å². The van der Waals surface area contributed by atoms with Gasteiger partial charge >= 0.3 is 0 Å². The van der Waals surface area contributed by atoms with Gasteiger partial charge in [-0.1, -0.05) is 18.1 Å². The molecule has 2 aromatic carbocycles. The topological polar surface area (TPSA) is 196 Å². The van der Waals surface area contributed by atoms with Crippen LogP contribution in [0, 0.1) is 5.92 Å². The highest BCUT2D eigenvalue weighted by atomic mass is 19.3. The van der Waals surface area contributed by atoms with Gasteiger partial charge in [0, 0.05) is 85.9 Å². The number of fused-ring (bicyclic) bond motifs is 5. The standard InChI is InChI=1S/C53H58F2N12O5/c1-2-53(71)18-13-32-5-11-43(59-48(32)53)67-49-40(51(70)66(67)22-17-42(54)55)29-57-52(61-49)58-34-6-8-35(9-7-34)64-23-25-65(26-24-64)36-15-20-63(21-16-36)30-31-3-4-33(27-31)39-28-41-45(37-14-19-56-46(37)39)47(62-72-41)38-10-12-44(68)60-50(38)69/h5-9,11,14,17,19,28-29,31,33,36,38,56,71H,2-4,10,12-13,15-16,18,20-27,30H2,1H3,(H,57,58,61)(H,60,68,69)/t31-,33?,38?,53-/m1/s1. The molecule has 8 heterocycles. The van der Waals surface area contributed by atoms with Crippen molar-refractivity contribution in [1.82, 2.24) is 49.6 Å². The molecular formula is C53H58F2N12O5.